The van der Waals surface area contributed by atoms with E-state index in [1.165, 1.54) is 0 Å². The van der Waals surface area contributed by atoms with Gasteiger partial charge in [-0.2, -0.15) is 0 Å². The van der Waals surface area contributed by atoms with Gasteiger partial charge in [-0.25, -0.2) is 0 Å². The molecule has 0 saturated heterocycles. The minimum Gasteiger partial charge on any atom is -0.393 e. The van der Waals surface area contributed by atoms with Crippen LogP contribution >= 0.6 is 0 Å². The summed E-state index contributed by atoms with van der Waals surface area (Å²) >= 11 is 0. The van der Waals surface area contributed by atoms with Gasteiger partial charge in [0.1, 0.15) is 0 Å². The van der Waals surface area contributed by atoms with E-state index in [2.05, 4.69) is 0 Å². The second-order valence-electron chi connectivity index (χ2n) is 3.78. The van der Waals surface area contributed by atoms with Crippen LogP contribution in [-0.2, 0) is 4.74 Å². The molecule has 3 heteroatoms. The molecule has 0 radical (unpaired) electrons. The molecule has 0 unspecified atom stereocenters. The molecule has 1 aliphatic rings. The summed E-state index contributed by atoms with van der Waals surface area (Å²) in [5.74, 6) is 0. The molecule has 1 fully saturated rings. The Labute approximate surface area is 67.5 Å². The van der Waals surface area contributed by atoms with Gasteiger partial charge in [0, 0.05) is 5.54 Å². The van der Waals surface area contributed by atoms with E-state index in [0.29, 0.717) is 19.4 Å². The van der Waals surface area contributed by atoms with Crippen LogP contribution in [0.4, 0.5) is 0 Å². The molecule has 0 aromatic heterocycles. The van der Waals surface area contributed by atoms with Crippen molar-refractivity contribution in [1.29, 1.82) is 0 Å². The Kier molecular flexibility index (Phi) is 2.52. The zero-order valence-corrected chi connectivity index (χ0v) is 7.21. The molecule has 0 aromatic rings. The summed E-state index contributed by atoms with van der Waals surface area (Å²) in [6.45, 7) is 4.54. The lowest BCUT2D eigenvalue weighted by Gasteiger charge is -2.42. The molecule has 11 heavy (non-hydrogen) atoms. The van der Waals surface area contributed by atoms with Crippen LogP contribution in [0.2, 0.25) is 0 Å². The highest BCUT2D eigenvalue weighted by atomic mass is 16.5. The molecule has 1 rings (SSSR count). The van der Waals surface area contributed by atoms with Gasteiger partial charge in [-0.1, -0.05) is 0 Å². The molecule has 0 aromatic carbocycles. The van der Waals surface area contributed by atoms with Gasteiger partial charge in [-0.3, -0.25) is 0 Å². The topological polar surface area (TPSA) is 55.5 Å². The van der Waals surface area contributed by atoms with Gasteiger partial charge >= 0.3 is 0 Å². The standard InChI is InChI=1S/C8H17NO2/c1-6(2)11-5-8(9)3-7(10)4-8/h6-7,10H,3-5,9H2,1-2H3. The molecule has 1 saturated carbocycles. The first-order valence-electron chi connectivity index (χ1n) is 4.10. The van der Waals surface area contributed by atoms with E-state index in [4.69, 9.17) is 15.6 Å². The molecule has 0 bridgehead atoms. The predicted octanol–water partition coefficient (Wildman–Crippen LogP) is 0.264. The van der Waals surface area contributed by atoms with Crippen molar-refractivity contribution in [2.45, 2.75) is 44.4 Å². The molecule has 66 valence electrons. The van der Waals surface area contributed by atoms with Crippen molar-refractivity contribution in [1.82, 2.24) is 0 Å². The van der Waals surface area contributed by atoms with Gasteiger partial charge in [0.05, 0.1) is 18.8 Å². The Morgan fingerprint density at radius 2 is 2.18 bits per heavy atom. The first-order chi connectivity index (χ1) is 5.02. The van der Waals surface area contributed by atoms with Crippen LogP contribution in [0.1, 0.15) is 26.7 Å². The maximum Gasteiger partial charge on any atom is 0.0651 e. The zero-order valence-electron chi connectivity index (χ0n) is 7.21. The summed E-state index contributed by atoms with van der Waals surface area (Å²) < 4.78 is 5.36. The molecule has 0 spiro atoms. The summed E-state index contributed by atoms with van der Waals surface area (Å²) in [5, 5.41) is 9.01. The van der Waals surface area contributed by atoms with Crippen LogP contribution in [0.5, 0.6) is 0 Å². The van der Waals surface area contributed by atoms with Gasteiger partial charge in [0.15, 0.2) is 0 Å². The van der Waals surface area contributed by atoms with Gasteiger partial charge in [-0.15, -0.1) is 0 Å². The fourth-order valence-corrected chi connectivity index (χ4v) is 1.33. The van der Waals surface area contributed by atoms with Crippen molar-refractivity contribution in [2.75, 3.05) is 6.61 Å². The Morgan fingerprint density at radius 1 is 1.64 bits per heavy atom. The van der Waals surface area contributed by atoms with E-state index in [-0.39, 0.29) is 17.7 Å². The highest BCUT2D eigenvalue weighted by molar-refractivity contribution is 4.98. The number of nitrogens with two attached hydrogens (primary N) is 1. The average molecular weight is 159 g/mol. The Balaban J connectivity index is 2.16. The molecular formula is C8H17NO2. The second kappa shape index (κ2) is 3.09. The smallest absolute Gasteiger partial charge is 0.0651 e. The van der Waals surface area contributed by atoms with Gasteiger partial charge in [-0.05, 0) is 26.7 Å². The summed E-state index contributed by atoms with van der Waals surface area (Å²) in [7, 11) is 0. The number of ether oxygens (including phenoxy) is 1. The van der Waals surface area contributed by atoms with Crippen molar-refractivity contribution in [3.8, 4) is 0 Å². The number of aliphatic hydroxyl groups is 1. The number of hydrogen-bond donors (Lipinski definition) is 2. The fourth-order valence-electron chi connectivity index (χ4n) is 1.33. The van der Waals surface area contributed by atoms with Crippen LogP contribution in [0.15, 0.2) is 0 Å². The monoisotopic (exact) mass is 159 g/mol. The summed E-state index contributed by atoms with van der Waals surface area (Å²) in [5.41, 5.74) is 5.61. The lowest BCUT2D eigenvalue weighted by atomic mass is 9.76. The van der Waals surface area contributed by atoms with E-state index in [1.54, 1.807) is 0 Å². The molecular weight excluding hydrogens is 142 g/mol. The van der Waals surface area contributed by atoms with Crippen LogP contribution in [0.3, 0.4) is 0 Å². The maximum atomic E-state index is 9.01. The van der Waals surface area contributed by atoms with E-state index in [0.717, 1.165) is 0 Å². The predicted molar refractivity (Wildman–Crippen MR) is 43.2 cm³/mol. The van der Waals surface area contributed by atoms with E-state index >= 15 is 0 Å². The van der Waals surface area contributed by atoms with Crippen molar-refractivity contribution < 1.29 is 9.84 Å². The van der Waals surface area contributed by atoms with E-state index < -0.39 is 0 Å². The fraction of sp³-hybridized carbons (Fsp3) is 1.00. The van der Waals surface area contributed by atoms with Crippen LogP contribution in [0.25, 0.3) is 0 Å². The SMILES string of the molecule is CC(C)OCC1(N)CC(O)C1. The van der Waals surface area contributed by atoms with Gasteiger partial charge in [0.25, 0.3) is 0 Å². The minimum absolute atomic E-state index is 0.198. The Bertz CT molecular complexity index is 130. The zero-order chi connectivity index (χ0) is 8.48. The third-order valence-electron chi connectivity index (χ3n) is 1.99. The summed E-state index contributed by atoms with van der Waals surface area (Å²) in [6, 6.07) is 0. The van der Waals surface area contributed by atoms with Gasteiger partial charge < -0.3 is 15.6 Å². The normalized spacial score (nSPS) is 37.4. The molecule has 1 aliphatic carbocycles. The third kappa shape index (κ3) is 2.43. The number of aliphatic hydroxyl groups excluding tert-OH is 1. The maximum absolute atomic E-state index is 9.01. The first-order valence-corrected chi connectivity index (χ1v) is 4.10. The highest BCUT2D eigenvalue weighted by Crippen LogP contribution is 2.29. The minimum atomic E-state index is -0.246. The van der Waals surface area contributed by atoms with Crippen LogP contribution in [0, 0.1) is 0 Å². The Hall–Kier alpha value is -0.120. The molecule has 0 aliphatic heterocycles. The largest absolute Gasteiger partial charge is 0.393 e. The number of hydrogen-bond acceptors (Lipinski definition) is 3. The summed E-state index contributed by atoms with van der Waals surface area (Å²) in [6.07, 6.45) is 1.39. The first kappa shape index (κ1) is 8.97. The molecule has 0 atom stereocenters. The van der Waals surface area contributed by atoms with Crippen molar-refractivity contribution in [3.63, 3.8) is 0 Å². The lowest BCUT2D eigenvalue weighted by molar-refractivity contribution is -0.0447. The molecule has 0 heterocycles. The van der Waals surface area contributed by atoms with Crippen molar-refractivity contribution in [2.24, 2.45) is 5.73 Å². The molecule has 3 N–H and O–H groups in total. The van der Waals surface area contributed by atoms with E-state index in [9.17, 15) is 0 Å². The molecule has 0 amide bonds. The van der Waals surface area contributed by atoms with Crippen molar-refractivity contribution >= 4 is 0 Å². The average Bonchev–Trinajstić information content (AvgIpc) is 1.81. The third-order valence-corrected chi connectivity index (χ3v) is 1.99. The summed E-state index contributed by atoms with van der Waals surface area (Å²) in [4.78, 5) is 0. The van der Waals surface area contributed by atoms with Crippen LogP contribution in [-0.4, -0.2) is 29.5 Å². The molecule has 3 nitrogen and oxygen atoms in total. The van der Waals surface area contributed by atoms with Crippen molar-refractivity contribution in [3.05, 3.63) is 0 Å². The second-order valence-corrected chi connectivity index (χ2v) is 3.78. The quantitative estimate of drug-likeness (QED) is 0.621. The Morgan fingerprint density at radius 3 is 2.55 bits per heavy atom. The van der Waals surface area contributed by atoms with E-state index in [1.807, 2.05) is 13.8 Å². The lowest BCUT2D eigenvalue weighted by Crippen LogP contribution is -2.57. The van der Waals surface area contributed by atoms with Gasteiger partial charge in [0.2, 0.25) is 0 Å². The number of rotatable bonds is 3. The van der Waals surface area contributed by atoms with Crippen LogP contribution < -0.4 is 5.73 Å². The highest BCUT2D eigenvalue weighted by Gasteiger charge is 2.40.